The van der Waals surface area contributed by atoms with Crippen LogP contribution in [0.4, 0.5) is 0 Å². The number of nitrogens with zero attached hydrogens (tertiary/aromatic N) is 2. The Hall–Kier alpha value is -2.06. The highest BCUT2D eigenvalue weighted by Gasteiger charge is 2.22. The van der Waals surface area contributed by atoms with E-state index in [1.165, 1.54) is 16.5 Å². The van der Waals surface area contributed by atoms with Crippen molar-refractivity contribution in [1.82, 2.24) is 15.2 Å². The number of hydrogen-bond donors (Lipinski definition) is 3. The van der Waals surface area contributed by atoms with E-state index in [9.17, 15) is 5.11 Å². The molecule has 0 saturated carbocycles. The van der Waals surface area contributed by atoms with Gasteiger partial charge in [-0.15, -0.1) is 0 Å². The second-order valence-electron chi connectivity index (χ2n) is 6.96. The van der Waals surface area contributed by atoms with E-state index in [2.05, 4.69) is 68.7 Å². The Bertz CT molecular complexity index is 944. The minimum Gasteiger partial charge on any atom is -1.00 e. The largest absolute Gasteiger partial charge is 1.00 e. The molecule has 5 nitrogen and oxygen atoms in total. The number of aromatic nitrogens is 1. The highest BCUT2D eigenvalue weighted by molar-refractivity contribution is 5.91. The summed E-state index contributed by atoms with van der Waals surface area (Å²) >= 11 is 0. The lowest BCUT2D eigenvalue weighted by Gasteiger charge is -2.27. The van der Waals surface area contributed by atoms with Crippen LogP contribution in [0.15, 0.2) is 59.6 Å². The summed E-state index contributed by atoms with van der Waals surface area (Å²) < 4.78 is 0. The summed E-state index contributed by atoms with van der Waals surface area (Å²) in [6.07, 6.45) is 0.351. The molecular weight excluding hydrogens is 463 g/mol. The first-order valence-corrected chi connectivity index (χ1v) is 9.62. The molecule has 1 atom stereocenters. The topological polar surface area (TPSA) is 63.6 Å². The molecule has 3 N–H and O–H groups in total. The first-order chi connectivity index (χ1) is 13.3. The molecule has 3 aromatic rings. The van der Waals surface area contributed by atoms with Crippen LogP contribution in [0.2, 0.25) is 0 Å². The minimum absolute atomic E-state index is 0. The summed E-state index contributed by atoms with van der Waals surface area (Å²) in [6, 6.07) is 18.8. The number of aliphatic hydroxyl groups is 1. The zero-order valence-corrected chi connectivity index (χ0v) is 18.2. The molecule has 1 aliphatic rings. The normalized spacial score (nSPS) is 14.3. The molecule has 1 unspecified atom stereocenters. The quantitative estimate of drug-likeness (QED) is 0.441. The third-order valence-corrected chi connectivity index (χ3v) is 5.08. The zero-order chi connectivity index (χ0) is 18.6. The molecular formula is C22H27IN4O. The second kappa shape index (κ2) is 9.43. The molecule has 0 aliphatic carbocycles. The SMILES string of the molecule is CCC(O)CN(Cc1c(-c2ccccc2)[nH]c2ccccc12)C1=NCCN1.[H+].[I-]. The lowest BCUT2D eigenvalue weighted by Crippen LogP contribution is -3.00. The Morgan fingerprint density at radius 1 is 1.14 bits per heavy atom. The van der Waals surface area contributed by atoms with E-state index in [0.29, 0.717) is 13.1 Å². The van der Waals surface area contributed by atoms with Gasteiger partial charge in [0.2, 0.25) is 0 Å². The van der Waals surface area contributed by atoms with Crippen LogP contribution in [0.25, 0.3) is 22.2 Å². The number of fused-ring (bicyclic) bond motifs is 1. The molecule has 0 saturated heterocycles. The summed E-state index contributed by atoms with van der Waals surface area (Å²) in [5.41, 5.74) is 4.66. The Morgan fingerprint density at radius 2 is 1.89 bits per heavy atom. The smallest absolute Gasteiger partial charge is 1.00 e. The van der Waals surface area contributed by atoms with Crippen molar-refractivity contribution >= 4 is 16.9 Å². The van der Waals surface area contributed by atoms with Crippen molar-refractivity contribution in [2.24, 2.45) is 4.99 Å². The maximum atomic E-state index is 10.3. The van der Waals surface area contributed by atoms with Gasteiger partial charge in [-0.3, -0.25) is 4.99 Å². The number of H-pyrrole nitrogens is 1. The van der Waals surface area contributed by atoms with Crippen LogP contribution in [-0.2, 0) is 6.54 Å². The van der Waals surface area contributed by atoms with Crippen molar-refractivity contribution in [3.8, 4) is 11.3 Å². The molecule has 28 heavy (non-hydrogen) atoms. The highest BCUT2D eigenvalue weighted by Crippen LogP contribution is 2.31. The van der Waals surface area contributed by atoms with Gasteiger partial charge in [-0.05, 0) is 18.1 Å². The summed E-state index contributed by atoms with van der Waals surface area (Å²) in [7, 11) is 0. The van der Waals surface area contributed by atoms with Gasteiger partial charge in [-0.25, -0.2) is 0 Å². The average molecular weight is 490 g/mol. The van der Waals surface area contributed by atoms with Gasteiger partial charge in [0.15, 0.2) is 5.96 Å². The van der Waals surface area contributed by atoms with Gasteiger partial charge >= 0.3 is 1.43 Å². The van der Waals surface area contributed by atoms with E-state index in [-0.39, 0.29) is 31.5 Å². The standard InChI is InChI=1S/C22H26N4O.HI/c1-2-17(27)14-26(22-23-12-13-24-22)15-19-18-10-6-7-11-20(18)25-21(19)16-8-4-3-5-9-16;/h3-11,17,25,27H,2,12-15H2,1H3,(H,23,24);1H. The summed E-state index contributed by atoms with van der Waals surface area (Å²) in [4.78, 5) is 10.4. The molecule has 0 amide bonds. The Balaban J connectivity index is 0.00000150. The van der Waals surface area contributed by atoms with Gasteiger partial charge in [0.1, 0.15) is 0 Å². The first-order valence-electron chi connectivity index (χ1n) is 9.62. The van der Waals surface area contributed by atoms with E-state index in [1.807, 2.05) is 13.0 Å². The second-order valence-corrected chi connectivity index (χ2v) is 6.96. The number of guanidine groups is 1. The zero-order valence-electron chi connectivity index (χ0n) is 17.0. The molecule has 0 bridgehead atoms. The Kier molecular flexibility index (Phi) is 6.96. The van der Waals surface area contributed by atoms with E-state index < -0.39 is 0 Å². The lowest BCUT2D eigenvalue weighted by molar-refractivity contribution is -0.00000761. The van der Waals surface area contributed by atoms with E-state index in [0.717, 1.165) is 36.7 Å². The Morgan fingerprint density at radius 3 is 2.61 bits per heavy atom. The number of aliphatic hydroxyl groups excluding tert-OH is 1. The van der Waals surface area contributed by atoms with Crippen molar-refractivity contribution in [3.05, 3.63) is 60.2 Å². The third-order valence-electron chi connectivity index (χ3n) is 5.08. The average Bonchev–Trinajstić information content (AvgIpc) is 3.36. The van der Waals surface area contributed by atoms with E-state index in [4.69, 9.17) is 0 Å². The number of hydrogen-bond acceptors (Lipinski definition) is 4. The monoisotopic (exact) mass is 490 g/mol. The van der Waals surface area contributed by atoms with Crippen molar-refractivity contribution < 1.29 is 30.5 Å². The van der Waals surface area contributed by atoms with E-state index in [1.54, 1.807) is 0 Å². The molecule has 4 rings (SSSR count). The molecule has 1 aliphatic heterocycles. The molecule has 148 valence electrons. The van der Waals surface area contributed by atoms with Crippen LogP contribution in [0, 0.1) is 0 Å². The minimum atomic E-state index is -0.375. The van der Waals surface area contributed by atoms with Crippen LogP contribution in [0.1, 0.15) is 20.3 Å². The fourth-order valence-corrected chi connectivity index (χ4v) is 3.61. The molecule has 0 spiro atoms. The number of halogens is 1. The molecule has 0 fully saturated rings. The number of rotatable bonds is 6. The highest BCUT2D eigenvalue weighted by atomic mass is 127. The van der Waals surface area contributed by atoms with Gasteiger partial charge in [0.25, 0.3) is 0 Å². The van der Waals surface area contributed by atoms with Gasteiger partial charge in [-0.2, -0.15) is 0 Å². The number of aliphatic imine (C=N–C) groups is 1. The fraction of sp³-hybridized carbons (Fsp3) is 0.318. The van der Waals surface area contributed by atoms with Crippen molar-refractivity contribution in [1.29, 1.82) is 0 Å². The van der Waals surface area contributed by atoms with Gasteiger partial charge in [0.05, 0.1) is 18.3 Å². The molecule has 2 aromatic carbocycles. The van der Waals surface area contributed by atoms with Gasteiger partial charge in [0, 0.05) is 36.1 Å². The predicted molar refractivity (Wildman–Crippen MR) is 112 cm³/mol. The van der Waals surface area contributed by atoms with Crippen molar-refractivity contribution in [2.45, 2.75) is 26.0 Å². The van der Waals surface area contributed by atoms with E-state index >= 15 is 0 Å². The van der Waals surface area contributed by atoms with Crippen LogP contribution < -0.4 is 29.3 Å². The predicted octanol–water partition coefficient (Wildman–Crippen LogP) is 0.484. The molecule has 0 radical (unpaired) electrons. The van der Waals surface area contributed by atoms with Crippen LogP contribution >= 0.6 is 0 Å². The van der Waals surface area contributed by atoms with Gasteiger partial charge in [-0.1, -0.05) is 55.5 Å². The van der Waals surface area contributed by atoms with Crippen molar-refractivity contribution in [3.63, 3.8) is 0 Å². The molecule has 1 aromatic heterocycles. The number of nitrogens with one attached hydrogen (secondary N) is 2. The first kappa shape index (κ1) is 20.7. The lowest BCUT2D eigenvalue weighted by atomic mass is 10.0. The number of aromatic amines is 1. The number of benzene rings is 2. The summed E-state index contributed by atoms with van der Waals surface area (Å²) in [6.45, 7) is 4.90. The fourth-order valence-electron chi connectivity index (χ4n) is 3.61. The summed E-state index contributed by atoms with van der Waals surface area (Å²) in [5.74, 6) is 0.881. The van der Waals surface area contributed by atoms with Crippen molar-refractivity contribution in [2.75, 3.05) is 19.6 Å². The third kappa shape index (κ3) is 4.33. The van der Waals surface area contributed by atoms with Crippen LogP contribution in [-0.4, -0.2) is 46.7 Å². The van der Waals surface area contributed by atoms with Crippen LogP contribution in [0.3, 0.4) is 0 Å². The maximum absolute atomic E-state index is 10.3. The summed E-state index contributed by atoms with van der Waals surface area (Å²) in [5, 5.41) is 14.9. The molecule has 6 heteroatoms. The maximum Gasteiger partial charge on any atom is 1.00 e. The molecule has 2 heterocycles. The number of para-hydroxylation sites is 1. The van der Waals surface area contributed by atoms with Crippen LogP contribution in [0.5, 0.6) is 0 Å². The Labute approximate surface area is 184 Å². The van der Waals surface area contributed by atoms with Gasteiger partial charge < -0.3 is 44.3 Å².